The van der Waals surface area contributed by atoms with E-state index in [1.54, 1.807) is 0 Å². The number of carbonyl (C=O) groups is 2. The fourth-order valence-corrected chi connectivity index (χ4v) is 4.32. The number of amides is 2. The summed E-state index contributed by atoms with van der Waals surface area (Å²) in [4.78, 5) is 25.0. The third-order valence-corrected chi connectivity index (χ3v) is 5.64. The van der Waals surface area contributed by atoms with E-state index in [9.17, 15) is 9.59 Å². The van der Waals surface area contributed by atoms with Crippen molar-refractivity contribution in [3.8, 4) is 0 Å². The molecule has 2 N–H and O–H groups in total. The molecule has 2 amide bonds. The Bertz CT molecular complexity index is 803. The molecule has 134 valence electrons. The summed E-state index contributed by atoms with van der Waals surface area (Å²) < 4.78 is 0. The summed E-state index contributed by atoms with van der Waals surface area (Å²) in [7, 11) is 0. The van der Waals surface area contributed by atoms with Crippen molar-refractivity contribution in [1.29, 1.82) is 0 Å². The summed E-state index contributed by atoms with van der Waals surface area (Å²) in [6.07, 6.45) is 4.52. The number of hydrogen-bond donors (Lipinski definition) is 2. The average Bonchev–Trinajstić information content (AvgIpc) is 3.08. The molecular weight excluding hydrogens is 324 g/mol. The first-order chi connectivity index (χ1) is 12.7. The molecular formula is C22H24N2O2. The van der Waals surface area contributed by atoms with Gasteiger partial charge < -0.3 is 10.6 Å². The molecule has 0 bridgehead atoms. The molecule has 1 heterocycles. The molecule has 26 heavy (non-hydrogen) atoms. The van der Waals surface area contributed by atoms with Crippen LogP contribution in [0.1, 0.15) is 42.7 Å². The largest absolute Gasteiger partial charge is 0.353 e. The van der Waals surface area contributed by atoms with Crippen molar-refractivity contribution in [2.45, 2.75) is 44.1 Å². The molecule has 2 aromatic rings. The van der Waals surface area contributed by atoms with E-state index in [-0.39, 0.29) is 24.3 Å². The molecule has 3 atom stereocenters. The minimum atomic E-state index is -0.391. The summed E-state index contributed by atoms with van der Waals surface area (Å²) in [5.41, 5.74) is 3.00. The Morgan fingerprint density at radius 1 is 1.04 bits per heavy atom. The fraction of sp³-hybridized carbons (Fsp3) is 0.364. The maximum absolute atomic E-state index is 13.0. The first-order valence-corrected chi connectivity index (χ1v) is 9.44. The van der Waals surface area contributed by atoms with Gasteiger partial charge in [0.15, 0.2) is 0 Å². The van der Waals surface area contributed by atoms with Crippen LogP contribution in [0.25, 0.3) is 0 Å². The number of anilines is 1. The zero-order valence-corrected chi connectivity index (χ0v) is 14.8. The lowest BCUT2D eigenvalue weighted by Gasteiger charge is -2.28. The van der Waals surface area contributed by atoms with Crippen molar-refractivity contribution in [2.24, 2.45) is 5.92 Å². The molecule has 0 radical (unpaired) electrons. The predicted octanol–water partition coefficient (Wildman–Crippen LogP) is 3.64. The number of fused-ring (bicyclic) bond motifs is 1. The zero-order valence-electron chi connectivity index (χ0n) is 14.8. The molecule has 2 aliphatic rings. The minimum Gasteiger partial charge on any atom is -0.353 e. The first kappa shape index (κ1) is 16.8. The van der Waals surface area contributed by atoms with Crippen LogP contribution in [-0.4, -0.2) is 17.9 Å². The van der Waals surface area contributed by atoms with E-state index in [1.165, 1.54) is 5.56 Å². The molecule has 2 aromatic carbocycles. The van der Waals surface area contributed by atoms with E-state index in [4.69, 9.17) is 0 Å². The highest BCUT2D eigenvalue weighted by molar-refractivity contribution is 6.01. The Kier molecular flexibility index (Phi) is 4.74. The maximum Gasteiger partial charge on any atom is 0.228 e. The van der Waals surface area contributed by atoms with Gasteiger partial charge in [-0.25, -0.2) is 0 Å². The zero-order chi connectivity index (χ0) is 17.9. The average molecular weight is 348 g/mol. The van der Waals surface area contributed by atoms with Crippen molar-refractivity contribution >= 4 is 17.5 Å². The lowest BCUT2D eigenvalue weighted by Crippen LogP contribution is -2.42. The number of carbonyl (C=O) groups excluding carboxylic acids is 2. The Morgan fingerprint density at radius 3 is 2.65 bits per heavy atom. The SMILES string of the molecule is O=C1C[C@H](C(=O)N[C@H]2CCC[C@H]2Cc2ccccc2)c2ccccc2N1. The molecule has 1 fully saturated rings. The maximum atomic E-state index is 13.0. The second-order valence-corrected chi connectivity index (χ2v) is 7.39. The summed E-state index contributed by atoms with van der Waals surface area (Å²) in [6, 6.07) is 18.3. The van der Waals surface area contributed by atoms with Crippen LogP contribution in [0.4, 0.5) is 5.69 Å². The van der Waals surface area contributed by atoms with Crippen molar-refractivity contribution in [1.82, 2.24) is 5.32 Å². The van der Waals surface area contributed by atoms with Gasteiger partial charge in [0.05, 0.1) is 5.92 Å². The monoisotopic (exact) mass is 348 g/mol. The summed E-state index contributed by atoms with van der Waals surface area (Å²) in [6.45, 7) is 0. The third-order valence-electron chi connectivity index (χ3n) is 5.64. The van der Waals surface area contributed by atoms with Gasteiger partial charge in [-0.3, -0.25) is 9.59 Å². The molecule has 0 aromatic heterocycles. The van der Waals surface area contributed by atoms with Crippen LogP contribution < -0.4 is 10.6 Å². The number of hydrogen-bond acceptors (Lipinski definition) is 2. The van der Waals surface area contributed by atoms with Crippen LogP contribution in [0.3, 0.4) is 0 Å². The number of benzene rings is 2. The van der Waals surface area contributed by atoms with Crippen molar-refractivity contribution < 1.29 is 9.59 Å². The Labute approximate surface area is 154 Å². The fourth-order valence-electron chi connectivity index (χ4n) is 4.32. The van der Waals surface area contributed by atoms with Crippen LogP contribution in [0.15, 0.2) is 54.6 Å². The van der Waals surface area contributed by atoms with E-state index in [0.717, 1.165) is 36.9 Å². The third kappa shape index (κ3) is 3.50. The number of nitrogens with one attached hydrogen (secondary N) is 2. The van der Waals surface area contributed by atoms with Crippen LogP contribution in [0.5, 0.6) is 0 Å². The summed E-state index contributed by atoms with van der Waals surface area (Å²) in [5.74, 6) is -0.0275. The first-order valence-electron chi connectivity index (χ1n) is 9.44. The Balaban J connectivity index is 1.46. The second-order valence-electron chi connectivity index (χ2n) is 7.39. The van der Waals surface area contributed by atoms with E-state index in [0.29, 0.717) is 5.92 Å². The highest BCUT2D eigenvalue weighted by Crippen LogP contribution is 2.34. The molecule has 0 unspecified atom stereocenters. The van der Waals surface area contributed by atoms with Gasteiger partial charge >= 0.3 is 0 Å². The molecule has 0 saturated heterocycles. The van der Waals surface area contributed by atoms with E-state index in [2.05, 4.69) is 34.9 Å². The number of rotatable bonds is 4. The number of para-hydroxylation sites is 1. The van der Waals surface area contributed by atoms with Crippen LogP contribution in [0, 0.1) is 5.92 Å². The van der Waals surface area contributed by atoms with Gasteiger partial charge in [-0.1, -0.05) is 55.0 Å². The molecule has 4 rings (SSSR count). The van der Waals surface area contributed by atoms with Crippen molar-refractivity contribution in [3.63, 3.8) is 0 Å². The topological polar surface area (TPSA) is 58.2 Å². The van der Waals surface area contributed by atoms with Gasteiger partial charge in [-0.05, 0) is 42.4 Å². The summed E-state index contributed by atoms with van der Waals surface area (Å²) >= 11 is 0. The van der Waals surface area contributed by atoms with Gasteiger partial charge in [0, 0.05) is 18.2 Å². The Hall–Kier alpha value is -2.62. The van der Waals surface area contributed by atoms with E-state index in [1.807, 2.05) is 30.3 Å². The van der Waals surface area contributed by atoms with Gasteiger partial charge in [0.25, 0.3) is 0 Å². The molecule has 1 aliphatic carbocycles. The van der Waals surface area contributed by atoms with Gasteiger partial charge in [-0.2, -0.15) is 0 Å². The van der Waals surface area contributed by atoms with Crippen LogP contribution >= 0.6 is 0 Å². The van der Waals surface area contributed by atoms with Crippen molar-refractivity contribution in [2.75, 3.05) is 5.32 Å². The minimum absolute atomic E-state index is 0.0164. The lowest BCUT2D eigenvalue weighted by molar-refractivity contribution is -0.127. The van der Waals surface area contributed by atoms with Gasteiger partial charge in [0.2, 0.25) is 11.8 Å². The molecule has 4 nitrogen and oxygen atoms in total. The Morgan fingerprint density at radius 2 is 1.81 bits per heavy atom. The van der Waals surface area contributed by atoms with Gasteiger partial charge in [0.1, 0.15) is 0 Å². The molecule has 1 aliphatic heterocycles. The highest BCUT2D eigenvalue weighted by Gasteiger charge is 2.34. The second kappa shape index (κ2) is 7.32. The highest BCUT2D eigenvalue weighted by atomic mass is 16.2. The van der Waals surface area contributed by atoms with E-state index < -0.39 is 5.92 Å². The predicted molar refractivity (Wildman–Crippen MR) is 102 cm³/mol. The lowest BCUT2D eigenvalue weighted by atomic mass is 9.88. The smallest absolute Gasteiger partial charge is 0.228 e. The quantitative estimate of drug-likeness (QED) is 0.886. The van der Waals surface area contributed by atoms with Crippen molar-refractivity contribution in [3.05, 3.63) is 65.7 Å². The van der Waals surface area contributed by atoms with Gasteiger partial charge in [-0.15, -0.1) is 0 Å². The molecule has 0 spiro atoms. The normalized spacial score (nSPS) is 24.6. The molecule has 1 saturated carbocycles. The van der Waals surface area contributed by atoms with E-state index >= 15 is 0 Å². The summed E-state index contributed by atoms with van der Waals surface area (Å²) in [5, 5.41) is 6.12. The van der Waals surface area contributed by atoms with Crippen LogP contribution in [0.2, 0.25) is 0 Å². The standard InChI is InChI=1S/C22H24N2O2/c25-21-14-18(17-10-4-5-11-20(17)23-21)22(26)24-19-12-6-9-16(19)13-15-7-2-1-3-8-15/h1-5,7-8,10-11,16,18-19H,6,9,12-14H2,(H,23,25)(H,24,26)/t16-,18-,19-/m0/s1. The van der Waals surface area contributed by atoms with Crippen LogP contribution in [-0.2, 0) is 16.0 Å². The molecule has 4 heteroatoms.